The second-order valence-electron chi connectivity index (χ2n) is 3.99. The fraction of sp³-hybridized carbons (Fsp3) is 0.364. The van der Waals surface area contributed by atoms with Crippen LogP contribution in [0.1, 0.15) is 34.8 Å². The third-order valence-electron chi connectivity index (χ3n) is 2.91. The number of nitrogens with one attached hydrogen (secondary N) is 1. The lowest BCUT2D eigenvalue weighted by Gasteiger charge is -2.10. The van der Waals surface area contributed by atoms with Crippen molar-refractivity contribution in [3.63, 3.8) is 0 Å². The fourth-order valence-electron chi connectivity index (χ4n) is 2.07. The van der Waals surface area contributed by atoms with E-state index in [0.29, 0.717) is 0 Å². The number of hydrogen-bond donors (Lipinski definition) is 2. The molecule has 0 bridgehead atoms. The summed E-state index contributed by atoms with van der Waals surface area (Å²) in [5.74, 6) is -1.28. The van der Waals surface area contributed by atoms with Gasteiger partial charge in [0, 0.05) is 12.1 Å². The van der Waals surface area contributed by atoms with Crippen LogP contribution >= 0.6 is 0 Å². The van der Waals surface area contributed by atoms with Crippen molar-refractivity contribution in [1.82, 2.24) is 5.32 Å². The third kappa shape index (κ3) is 2.26. The molecule has 1 aliphatic rings. The van der Waals surface area contributed by atoms with Crippen LogP contribution in [0.2, 0.25) is 0 Å². The number of rotatable bonds is 3. The predicted molar refractivity (Wildman–Crippen MR) is 60.0 cm³/mol. The summed E-state index contributed by atoms with van der Waals surface area (Å²) in [7, 11) is 0. The smallest absolute Gasteiger partial charge is 0.342 e. The van der Waals surface area contributed by atoms with Gasteiger partial charge in [0.25, 0.3) is 5.69 Å². The minimum Gasteiger partial charge on any atom is -0.477 e. The van der Waals surface area contributed by atoms with Gasteiger partial charge in [0.15, 0.2) is 0 Å². The number of benzene rings is 1. The lowest BCUT2D eigenvalue weighted by atomic mass is 10.0. The molecule has 0 amide bonds. The summed E-state index contributed by atoms with van der Waals surface area (Å²) in [5, 5.41) is 22.9. The van der Waals surface area contributed by atoms with Crippen LogP contribution in [-0.2, 0) is 0 Å². The molecule has 1 saturated heterocycles. The molecule has 90 valence electrons. The van der Waals surface area contributed by atoms with E-state index in [1.54, 1.807) is 6.07 Å². The van der Waals surface area contributed by atoms with Crippen LogP contribution in [-0.4, -0.2) is 22.5 Å². The quantitative estimate of drug-likeness (QED) is 0.615. The first kappa shape index (κ1) is 11.5. The maximum Gasteiger partial charge on any atom is 0.342 e. The Morgan fingerprint density at radius 2 is 2.29 bits per heavy atom. The molecule has 2 rings (SSSR count). The number of nitro benzene ring substituents is 1. The fourth-order valence-corrected chi connectivity index (χ4v) is 2.07. The second kappa shape index (κ2) is 4.50. The van der Waals surface area contributed by atoms with Crippen molar-refractivity contribution in [3.05, 3.63) is 39.4 Å². The minimum atomic E-state index is -1.28. The van der Waals surface area contributed by atoms with Crippen LogP contribution in [0.15, 0.2) is 18.2 Å². The van der Waals surface area contributed by atoms with Gasteiger partial charge in [0.2, 0.25) is 0 Å². The Kier molecular flexibility index (Phi) is 3.06. The van der Waals surface area contributed by atoms with Gasteiger partial charge in [-0.3, -0.25) is 10.1 Å². The second-order valence-corrected chi connectivity index (χ2v) is 3.99. The lowest BCUT2D eigenvalue weighted by molar-refractivity contribution is -0.385. The van der Waals surface area contributed by atoms with E-state index in [2.05, 4.69) is 5.32 Å². The van der Waals surface area contributed by atoms with Gasteiger partial charge in [-0.1, -0.05) is 6.07 Å². The van der Waals surface area contributed by atoms with Crippen LogP contribution in [0.5, 0.6) is 0 Å². The lowest BCUT2D eigenvalue weighted by Crippen LogP contribution is -2.13. The first-order valence-corrected chi connectivity index (χ1v) is 5.34. The van der Waals surface area contributed by atoms with Crippen molar-refractivity contribution >= 4 is 11.7 Å². The van der Waals surface area contributed by atoms with Crippen molar-refractivity contribution in [1.29, 1.82) is 0 Å². The van der Waals surface area contributed by atoms with Gasteiger partial charge in [-0.2, -0.15) is 0 Å². The van der Waals surface area contributed by atoms with Crippen LogP contribution < -0.4 is 5.32 Å². The van der Waals surface area contributed by atoms with E-state index in [1.807, 2.05) is 0 Å². The monoisotopic (exact) mass is 236 g/mol. The molecular formula is C11H12N2O4. The predicted octanol–water partition coefficient (Wildman–Crippen LogP) is 1.72. The van der Waals surface area contributed by atoms with Gasteiger partial charge in [0.1, 0.15) is 5.56 Å². The van der Waals surface area contributed by atoms with Gasteiger partial charge in [-0.05, 0) is 31.0 Å². The van der Waals surface area contributed by atoms with Crippen LogP contribution in [0.25, 0.3) is 0 Å². The third-order valence-corrected chi connectivity index (χ3v) is 2.91. The van der Waals surface area contributed by atoms with Crippen molar-refractivity contribution in [3.8, 4) is 0 Å². The molecular weight excluding hydrogens is 224 g/mol. The van der Waals surface area contributed by atoms with E-state index in [4.69, 9.17) is 5.11 Å². The van der Waals surface area contributed by atoms with Crippen LogP contribution in [0.3, 0.4) is 0 Å². The average molecular weight is 236 g/mol. The molecule has 1 aromatic rings. The van der Waals surface area contributed by atoms with Crippen molar-refractivity contribution in [2.75, 3.05) is 6.54 Å². The molecule has 1 heterocycles. The Bertz CT molecular complexity index is 467. The van der Waals surface area contributed by atoms with Gasteiger partial charge in [0.05, 0.1) is 4.92 Å². The molecule has 6 heteroatoms. The zero-order valence-corrected chi connectivity index (χ0v) is 9.05. The topological polar surface area (TPSA) is 92.5 Å². The summed E-state index contributed by atoms with van der Waals surface area (Å²) >= 11 is 0. The summed E-state index contributed by atoms with van der Waals surface area (Å²) < 4.78 is 0. The molecule has 17 heavy (non-hydrogen) atoms. The highest BCUT2D eigenvalue weighted by atomic mass is 16.6. The highest BCUT2D eigenvalue weighted by molar-refractivity contribution is 5.92. The highest BCUT2D eigenvalue weighted by Crippen LogP contribution is 2.28. The van der Waals surface area contributed by atoms with E-state index >= 15 is 0 Å². The van der Waals surface area contributed by atoms with E-state index < -0.39 is 10.9 Å². The summed E-state index contributed by atoms with van der Waals surface area (Å²) in [6.45, 7) is 0.888. The first-order chi connectivity index (χ1) is 8.09. The molecule has 0 unspecified atom stereocenters. The number of carboxylic acid groups (broad SMARTS) is 1. The van der Waals surface area contributed by atoms with E-state index in [-0.39, 0.29) is 17.3 Å². The molecule has 0 aromatic heterocycles. The Morgan fingerprint density at radius 1 is 1.53 bits per heavy atom. The maximum absolute atomic E-state index is 10.8. The minimum absolute atomic E-state index is 0.0940. The molecule has 1 fully saturated rings. The van der Waals surface area contributed by atoms with Gasteiger partial charge >= 0.3 is 5.97 Å². The summed E-state index contributed by atoms with van der Waals surface area (Å²) in [4.78, 5) is 21.0. The molecule has 1 aromatic carbocycles. The van der Waals surface area contributed by atoms with E-state index in [9.17, 15) is 14.9 Å². The summed E-state index contributed by atoms with van der Waals surface area (Å²) in [6.07, 6.45) is 1.95. The standard InChI is InChI=1S/C11H12N2O4/c14-11(15)8-4-3-7(6-10(8)13(16)17)9-2-1-5-12-9/h3-4,6,9,12H,1-2,5H2,(H,14,15)/t9-/m0/s1. The van der Waals surface area contributed by atoms with Crippen molar-refractivity contribution in [2.45, 2.75) is 18.9 Å². The molecule has 2 N–H and O–H groups in total. The zero-order chi connectivity index (χ0) is 12.4. The summed E-state index contributed by atoms with van der Waals surface area (Å²) in [6, 6.07) is 4.39. The highest BCUT2D eigenvalue weighted by Gasteiger charge is 2.23. The number of nitrogens with zero attached hydrogens (tertiary/aromatic N) is 1. The largest absolute Gasteiger partial charge is 0.477 e. The van der Waals surface area contributed by atoms with Crippen LogP contribution in [0.4, 0.5) is 5.69 Å². The molecule has 0 spiro atoms. The van der Waals surface area contributed by atoms with E-state index in [0.717, 1.165) is 24.9 Å². The van der Waals surface area contributed by atoms with Crippen molar-refractivity contribution in [2.24, 2.45) is 0 Å². The number of nitro groups is 1. The van der Waals surface area contributed by atoms with Gasteiger partial charge in [-0.25, -0.2) is 4.79 Å². The maximum atomic E-state index is 10.8. The molecule has 0 aliphatic carbocycles. The molecule has 0 radical (unpaired) electrons. The molecule has 6 nitrogen and oxygen atoms in total. The molecule has 0 saturated carbocycles. The number of carbonyl (C=O) groups is 1. The average Bonchev–Trinajstić information content (AvgIpc) is 2.81. The van der Waals surface area contributed by atoms with Crippen molar-refractivity contribution < 1.29 is 14.8 Å². The molecule has 1 atom stereocenters. The van der Waals surface area contributed by atoms with Crippen LogP contribution in [0, 0.1) is 10.1 Å². The van der Waals surface area contributed by atoms with Gasteiger partial charge < -0.3 is 10.4 Å². The Hall–Kier alpha value is -1.95. The number of hydrogen-bond acceptors (Lipinski definition) is 4. The molecule has 1 aliphatic heterocycles. The Balaban J connectivity index is 2.41. The first-order valence-electron chi connectivity index (χ1n) is 5.34. The zero-order valence-electron chi connectivity index (χ0n) is 9.05. The van der Waals surface area contributed by atoms with Gasteiger partial charge in [-0.15, -0.1) is 0 Å². The number of carboxylic acids is 1. The Morgan fingerprint density at radius 3 is 2.82 bits per heavy atom. The summed E-state index contributed by atoms with van der Waals surface area (Å²) in [5.41, 5.74) is 0.166. The Labute approximate surface area is 97.4 Å². The SMILES string of the molecule is O=C(O)c1ccc([C@@H]2CCCN2)cc1[N+](=O)[O-]. The van der Waals surface area contributed by atoms with E-state index in [1.165, 1.54) is 12.1 Å². The number of aromatic carboxylic acids is 1. The normalized spacial score (nSPS) is 19.2.